The van der Waals surface area contributed by atoms with E-state index in [-0.39, 0.29) is 17.3 Å². The SMILES string of the molecule is CO.O=CO.[B]C1CCCC2(C)c3cc(Oc4cc5c(cc4CP)CCC(C(C)C)C5(C)CC)c(C(C)C)cc3CCC12. The van der Waals surface area contributed by atoms with Crippen LogP contribution in [0.25, 0.3) is 0 Å². The van der Waals surface area contributed by atoms with Gasteiger partial charge in [0.25, 0.3) is 6.47 Å². The first-order valence-corrected chi connectivity index (χ1v) is 17.3. The maximum Gasteiger partial charge on any atom is 0.290 e. The topological polar surface area (TPSA) is 66.8 Å². The summed E-state index contributed by atoms with van der Waals surface area (Å²) in [6, 6.07) is 9.84. The number of fused-ring (bicyclic) bond motifs is 4. The van der Waals surface area contributed by atoms with Gasteiger partial charge in [-0.2, -0.15) is 0 Å². The molecule has 0 heterocycles. The van der Waals surface area contributed by atoms with E-state index < -0.39 is 0 Å². The zero-order valence-corrected chi connectivity index (χ0v) is 29.2. The van der Waals surface area contributed by atoms with Crippen LogP contribution in [0.4, 0.5) is 0 Å². The first-order chi connectivity index (χ1) is 20.4. The van der Waals surface area contributed by atoms with E-state index in [0.29, 0.717) is 29.5 Å². The molecule has 2 N–H and O–H groups in total. The quantitative estimate of drug-likeness (QED) is 0.196. The van der Waals surface area contributed by atoms with Gasteiger partial charge in [0, 0.05) is 7.11 Å². The second-order valence-electron chi connectivity index (χ2n) is 14.0. The van der Waals surface area contributed by atoms with Crippen LogP contribution < -0.4 is 4.74 Å². The molecule has 0 spiro atoms. The van der Waals surface area contributed by atoms with E-state index in [1.54, 1.807) is 0 Å². The summed E-state index contributed by atoms with van der Waals surface area (Å²) in [4.78, 5) is 8.36. The smallest absolute Gasteiger partial charge is 0.290 e. The Bertz CT molecular complexity index is 1240. The number of benzene rings is 2. The fourth-order valence-corrected chi connectivity index (χ4v) is 9.12. The Labute approximate surface area is 265 Å². The van der Waals surface area contributed by atoms with Crippen LogP contribution in [-0.2, 0) is 34.6 Å². The van der Waals surface area contributed by atoms with Gasteiger partial charge in [0.2, 0.25) is 0 Å². The van der Waals surface area contributed by atoms with E-state index in [0.717, 1.165) is 31.2 Å². The lowest BCUT2D eigenvalue weighted by atomic mass is 9.51. The Hall–Kier alpha value is -1.84. The second kappa shape index (κ2) is 15.0. The molecule has 0 amide bonds. The van der Waals surface area contributed by atoms with Crippen molar-refractivity contribution in [3.05, 3.63) is 57.6 Å². The molecule has 2 aromatic carbocycles. The highest BCUT2D eigenvalue weighted by molar-refractivity contribution is 7.15. The molecular formula is C37H56BO4P. The summed E-state index contributed by atoms with van der Waals surface area (Å²) in [7, 11) is 10.7. The van der Waals surface area contributed by atoms with Gasteiger partial charge < -0.3 is 14.9 Å². The molecule has 0 saturated heterocycles. The molecule has 4 nitrogen and oxygen atoms in total. The van der Waals surface area contributed by atoms with E-state index >= 15 is 0 Å². The van der Waals surface area contributed by atoms with E-state index in [9.17, 15) is 0 Å². The molecular weight excluding hydrogens is 550 g/mol. The molecule has 6 unspecified atom stereocenters. The van der Waals surface area contributed by atoms with E-state index in [2.05, 4.69) is 82.0 Å². The largest absolute Gasteiger partial charge is 0.483 e. The van der Waals surface area contributed by atoms with Crippen LogP contribution in [0.1, 0.15) is 126 Å². The number of carbonyl (C=O) groups is 1. The number of hydrogen-bond acceptors (Lipinski definition) is 3. The number of aliphatic hydroxyl groups excluding tert-OH is 1. The minimum Gasteiger partial charge on any atom is -0.483 e. The molecule has 3 aliphatic carbocycles. The molecule has 236 valence electrons. The van der Waals surface area contributed by atoms with Gasteiger partial charge in [-0.05, 0) is 125 Å². The third kappa shape index (κ3) is 6.89. The average molecular weight is 607 g/mol. The minimum atomic E-state index is -0.250. The van der Waals surface area contributed by atoms with Gasteiger partial charge in [-0.3, -0.25) is 4.79 Å². The van der Waals surface area contributed by atoms with Crippen molar-refractivity contribution in [2.24, 2.45) is 17.8 Å². The normalized spacial score (nSPS) is 27.5. The second-order valence-corrected chi connectivity index (χ2v) is 14.4. The highest BCUT2D eigenvalue weighted by Crippen LogP contribution is 2.55. The molecule has 1 saturated carbocycles. The number of rotatable bonds is 6. The lowest BCUT2D eigenvalue weighted by molar-refractivity contribution is -0.122. The highest BCUT2D eigenvalue weighted by atomic mass is 31.0. The number of ether oxygens (including phenoxy) is 1. The predicted molar refractivity (Wildman–Crippen MR) is 184 cm³/mol. The van der Waals surface area contributed by atoms with Crippen LogP contribution in [0.3, 0.4) is 0 Å². The van der Waals surface area contributed by atoms with Crippen molar-refractivity contribution in [1.82, 2.24) is 0 Å². The van der Waals surface area contributed by atoms with E-state index in [1.807, 2.05) is 0 Å². The zero-order valence-electron chi connectivity index (χ0n) is 28.0. The van der Waals surface area contributed by atoms with E-state index in [4.69, 9.17) is 27.6 Å². The van der Waals surface area contributed by atoms with Crippen LogP contribution in [0.15, 0.2) is 24.3 Å². The molecule has 5 rings (SSSR count). The Morgan fingerprint density at radius 3 is 2.19 bits per heavy atom. The first kappa shape index (κ1) is 35.6. The summed E-state index contributed by atoms with van der Waals surface area (Å²) >= 11 is 0. The number of aliphatic hydroxyl groups is 1. The zero-order chi connectivity index (χ0) is 32.1. The first-order valence-electron chi connectivity index (χ1n) is 16.4. The van der Waals surface area contributed by atoms with Gasteiger partial charge in [-0.15, -0.1) is 9.24 Å². The van der Waals surface area contributed by atoms with Gasteiger partial charge >= 0.3 is 0 Å². The molecule has 0 bridgehead atoms. The molecule has 6 heteroatoms. The fourth-order valence-electron chi connectivity index (χ4n) is 8.80. The van der Waals surface area contributed by atoms with Crippen LogP contribution in [0, 0.1) is 17.8 Å². The average Bonchev–Trinajstić information content (AvgIpc) is 2.98. The third-order valence-corrected chi connectivity index (χ3v) is 11.6. The van der Waals surface area contributed by atoms with Crippen LogP contribution in [-0.4, -0.2) is 31.6 Å². The van der Waals surface area contributed by atoms with Crippen LogP contribution in [0.2, 0.25) is 5.82 Å². The molecule has 43 heavy (non-hydrogen) atoms. The van der Waals surface area contributed by atoms with Crippen molar-refractivity contribution in [3.63, 3.8) is 0 Å². The van der Waals surface area contributed by atoms with Crippen molar-refractivity contribution in [2.75, 3.05) is 7.11 Å². The summed E-state index contributed by atoms with van der Waals surface area (Å²) in [5.41, 5.74) is 9.10. The van der Waals surface area contributed by atoms with Gasteiger partial charge in [0.05, 0.1) is 7.85 Å². The van der Waals surface area contributed by atoms with Crippen molar-refractivity contribution in [3.8, 4) is 11.5 Å². The Kier molecular flexibility index (Phi) is 12.4. The maximum atomic E-state index is 8.36. The molecule has 3 aliphatic rings. The fraction of sp³-hybridized carbons (Fsp3) is 0.649. The molecule has 1 fully saturated rings. The predicted octanol–water partition coefficient (Wildman–Crippen LogP) is 9.13. The van der Waals surface area contributed by atoms with Gasteiger partial charge in [-0.25, -0.2) is 0 Å². The third-order valence-electron chi connectivity index (χ3n) is 11.2. The number of aryl methyl sites for hydroxylation is 2. The Balaban J connectivity index is 0.000000953. The van der Waals surface area contributed by atoms with Gasteiger partial charge in [0.1, 0.15) is 11.5 Å². The molecule has 2 radical (unpaired) electrons. The van der Waals surface area contributed by atoms with Crippen LogP contribution >= 0.6 is 9.24 Å². The monoisotopic (exact) mass is 606 g/mol. The highest BCUT2D eigenvalue weighted by Gasteiger charge is 2.45. The molecule has 0 aromatic heterocycles. The number of hydrogen-bond donors (Lipinski definition) is 2. The van der Waals surface area contributed by atoms with Crippen molar-refractivity contribution in [2.45, 2.75) is 129 Å². The lowest BCUT2D eigenvalue weighted by Crippen LogP contribution is -2.42. The summed E-state index contributed by atoms with van der Waals surface area (Å²) in [5, 5.41) is 13.9. The minimum absolute atomic E-state index is 0.156. The summed E-state index contributed by atoms with van der Waals surface area (Å²) in [6.45, 7) is 16.6. The Morgan fingerprint density at radius 1 is 1.00 bits per heavy atom. The lowest BCUT2D eigenvalue weighted by Gasteiger charge is -2.50. The van der Waals surface area contributed by atoms with Crippen molar-refractivity contribution >= 4 is 23.6 Å². The molecule has 2 aromatic rings. The maximum absolute atomic E-state index is 8.36. The molecule has 6 atom stereocenters. The Morgan fingerprint density at radius 2 is 1.60 bits per heavy atom. The standard InChI is InChI=1S/C35H50BOP.CH2O2.CH4O/c1-8-34(6)27(22(4)5)13-11-23-16-25(20-38)32(18-29(23)34)37-33-19-30-24(17-26(33)21(2)3)12-14-28-31(36)10-9-15-35(28,30)7;2-1-3;1-2/h16-19,21-22,27-28,31H,8-15,20,38H2,1-7H3;1H,(H,2,3);2H,1H3. The van der Waals surface area contributed by atoms with Gasteiger partial charge in [0.15, 0.2) is 0 Å². The number of carboxylic acid groups (broad SMARTS) is 1. The summed E-state index contributed by atoms with van der Waals surface area (Å²) < 4.78 is 7.07. The molecule has 0 aliphatic heterocycles. The van der Waals surface area contributed by atoms with E-state index in [1.165, 1.54) is 78.3 Å². The van der Waals surface area contributed by atoms with Crippen molar-refractivity contribution < 1.29 is 19.7 Å². The summed E-state index contributed by atoms with van der Waals surface area (Å²) in [5.74, 6) is 4.82. The van der Waals surface area contributed by atoms with Crippen LogP contribution in [0.5, 0.6) is 11.5 Å². The van der Waals surface area contributed by atoms with Gasteiger partial charge in [-0.1, -0.05) is 79.3 Å². The van der Waals surface area contributed by atoms with Crippen molar-refractivity contribution in [1.29, 1.82) is 0 Å². The summed E-state index contributed by atoms with van der Waals surface area (Å²) in [6.07, 6.45) is 10.5.